The highest BCUT2D eigenvalue weighted by Crippen LogP contribution is 2.33. The number of nitrogens with one attached hydrogen (secondary N) is 1. The Morgan fingerprint density at radius 3 is 2.96 bits per heavy atom. The number of carbonyl (C=O) groups is 1. The second-order valence-electron chi connectivity index (χ2n) is 6.32. The molecule has 0 aliphatic heterocycles. The van der Waals surface area contributed by atoms with Crippen molar-refractivity contribution >= 4 is 33.1 Å². The monoisotopic (exact) mass is 353 g/mol. The zero-order valence-electron chi connectivity index (χ0n) is 14.3. The average molecular weight is 353 g/mol. The molecule has 1 aliphatic carbocycles. The molecule has 6 heteroatoms. The fourth-order valence-electron chi connectivity index (χ4n) is 3.24. The quantitative estimate of drug-likeness (QED) is 0.774. The predicted molar refractivity (Wildman–Crippen MR) is 99.5 cm³/mol. The Kier molecular flexibility index (Phi) is 4.13. The van der Waals surface area contributed by atoms with Gasteiger partial charge in [-0.2, -0.15) is 0 Å². The summed E-state index contributed by atoms with van der Waals surface area (Å²) in [5, 5.41) is 3.80. The van der Waals surface area contributed by atoms with Crippen molar-refractivity contribution in [1.29, 1.82) is 0 Å². The van der Waals surface area contributed by atoms with E-state index < -0.39 is 0 Å². The Morgan fingerprint density at radius 1 is 1.24 bits per heavy atom. The third kappa shape index (κ3) is 3.09. The van der Waals surface area contributed by atoms with Gasteiger partial charge in [-0.05, 0) is 61.9 Å². The molecule has 5 nitrogen and oxygen atoms in total. The highest BCUT2D eigenvalue weighted by Gasteiger charge is 2.15. The van der Waals surface area contributed by atoms with Gasteiger partial charge in [-0.1, -0.05) is 6.07 Å². The maximum atomic E-state index is 12.2. The van der Waals surface area contributed by atoms with E-state index in [-0.39, 0.29) is 12.5 Å². The fourth-order valence-corrected chi connectivity index (χ4v) is 4.23. The number of anilines is 1. The minimum atomic E-state index is -0.186. The number of nitrogens with zero attached hydrogens (tertiary/aromatic N) is 2. The van der Waals surface area contributed by atoms with E-state index in [4.69, 9.17) is 4.74 Å². The zero-order chi connectivity index (χ0) is 17.4. The molecule has 128 valence electrons. The van der Waals surface area contributed by atoms with Crippen LogP contribution in [0.2, 0.25) is 0 Å². The lowest BCUT2D eigenvalue weighted by Crippen LogP contribution is -2.20. The molecule has 2 aromatic heterocycles. The summed E-state index contributed by atoms with van der Waals surface area (Å²) >= 11 is 1.61. The molecule has 1 amide bonds. The minimum Gasteiger partial charge on any atom is -0.467 e. The molecule has 2 heterocycles. The van der Waals surface area contributed by atoms with Crippen LogP contribution in [0.3, 0.4) is 0 Å². The highest BCUT2D eigenvalue weighted by atomic mass is 32.1. The Labute approximate surface area is 150 Å². The van der Waals surface area contributed by atoms with Crippen molar-refractivity contribution in [2.75, 3.05) is 11.9 Å². The van der Waals surface area contributed by atoms with Crippen LogP contribution < -0.4 is 10.1 Å². The first-order valence-electron chi connectivity index (χ1n) is 8.37. The Bertz CT molecular complexity index is 965. The van der Waals surface area contributed by atoms with Crippen LogP contribution in [0.1, 0.15) is 28.0 Å². The van der Waals surface area contributed by atoms with Crippen LogP contribution >= 0.6 is 11.3 Å². The average Bonchev–Trinajstić information content (AvgIpc) is 3.17. The van der Waals surface area contributed by atoms with Crippen LogP contribution in [0.4, 0.5) is 5.69 Å². The van der Waals surface area contributed by atoms with Gasteiger partial charge in [0.05, 0.1) is 5.39 Å². The number of aryl methyl sites for hydroxylation is 4. The molecule has 0 saturated carbocycles. The van der Waals surface area contributed by atoms with Crippen LogP contribution in [0.5, 0.6) is 5.88 Å². The number of hydrogen-bond donors (Lipinski definition) is 1. The topological polar surface area (TPSA) is 64.1 Å². The maximum Gasteiger partial charge on any atom is 0.262 e. The molecule has 0 unspecified atom stereocenters. The van der Waals surface area contributed by atoms with Crippen LogP contribution in [-0.4, -0.2) is 22.5 Å². The first kappa shape index (κ1) is 16.0. The van der Waals surface area contributed by atoms with Gasteiger partial charge in [-0.15, -0.1) is 11.3 Å². The van der Waals surface area contributed by atoms with Gasteiger partial charge in [0.25, 0.3) is 5.91 Å². The molecule has 0 saturated heterocycles. The number of fused-ring (bicyclic) bond motifs is 2. The van der Waals surface area contributed by atoms with E-state index in [0.29, 0.717) is 5.88 Å². The molecule has 0 spiro atoms. The molecular weight excluding hydrogens is 334 g/mol. The molecule has 1 N–H and O–H groups in total. The molecule has 0 radical (unpaired) electrons. The number of amides is 1. The van der Waals surface area contributed by atoms with E-state index in [1.807, 2.05) is 19.9 Å². The molecule has 0 bridgehead atoms. The van der Waals surface area contributed by atoms with Crippen molar-refractivity contribution in [2.45, 2.75) is 33.1 Å². The highest BCUT2D eigenvalue weighted by molar-refractivity contribution is 7.18. The number of aromatic nitrogens is 2. The van der Waals surface area contributed by atoms with Gasteiger partial charge in [-0.25, -0.2) is 9.97 Å². The van der Waals surface area contributed by atoms with E-state index in [1.54, 1.807) is 11.3 Å². The van der Waals surface area contributed by atoms with Gasteiger partial charge >= 0.3 is 0 Å². The number of hydrogen-bond acceptors (Lipinski definition) is 5. The third-order valence-corrected chi connectivity index (χ3v) is 5.77. The van der Waals surface area contributed by atoms with Gasteiger partial charge < -0.3 is 10.1 Å². The van der Waals surface area contributed by atoms with E-state index in [9.17, 15) is 4.79 Å². The standard InChI is InChI=1S/C19H19N3O2S/c1-11-12(2)25-19-17(11)18(20-10-21-19)24-9-16(23)22-15-7-6-13-4-3-5-14(13)8-15/h6-8,10H,3-5,9H2,1-2H3,(H,22,23). The molecule has 4 rings (SSSR count). The Balaban J connectivity index is 1.46. The summed E-state index contributed by atoms with van der Waals surface area (Å²) in [6, 6.07) is 6.12. The normalized spacial score (nSPS) is 13.0. The summed E-state index contributed by atoms with van der Waals surface area (Å²) in [4.78, 5) is 22.8. The third-order valence-electron chi connectivity index (χ3n) is 4.65. The molecule has 0 atom stereocenters. The smallest absolute Gasteiger partial charge is 0.262 e. The van der Waals surface area contributed by atoms with Crippen LogP contribution in [0, 0.1) is 13.8 Å². The number of thiophene rings is 1. The molecule has 3 aromatic rings. The van der Waals surface area contributed by atoms with Gasteiger partial charge in [0, 0.05) is 10.6 Å². The van der Waals surface area contributed by atoms with E-state index >= 15 is 0 Å². The van der Waals surface area contributed by atoms with Crippen LogP contribution in [0.25, 0.3) is 10.2 Å². The number of ether oxygens (including phenoxy) is 1. The second kappa shape index (κ2) is 6.44. The molecule has 0 fully saturated rings. The number of benzene rings is 1. The van der Waals surface area contributed by atoms with Gasteiger partial charge in [0.2, 0.25) is 5.88 Å². The van der Waals surface area contributed by atoms with Crippen molar-refractivity contribution in [1.82, 2.24) is 9.97 Å². The number of carbonyl (C=O) groups excluding carboxylic acids is 1. The van der Waals surface area contributed by atoms with Gasteiger partial charge in [0.1, 0.15) is 11.2 Å². The van der Waals surface area contributed by atoms with Crippen molar-refractivity contribution < 1.29 is 9.53 Å². The van der Waals surface area contributed by atoms with Crippen molar-refractivity contribution in [2.24, 2.45) is 0 Å². The van der Waals surface area contributed by atoms with Crippen molar-refractivity contribution in [3.8, 4) is 5.88 Å². The van der Waals surface area contributed by atoms with E-state index in [2.05, 4.69) is 27.4 Å². The second-order valence-corrected chi connectivity index (χ2v) is 7.52. The van der Waals surface area contributed by atoms with Crippen LogP contribution in [-0.2, 0) is 17.6 Å². The maximum absolute atomic E-state index is 12.2. The van der Waals surface area contributed by atoms with Gasteiger partial charge in [-0.3, -0.25) is 4.79 Å². The van der Waals surface area contributed by atoms with Crippen LogP contribution in [0.15, 0.2) is 24.5 Å². The molecule has 25 heavy (non-hydrogen) atoms. The summed E-state index contributed by atoms with van der Waals surface area (Å²) in [7, 11) is 0. The molecule has 1 aromatic carbocycles. The zero-order valence-corrected chi connectivity index (χ0v) is 15.1. The first-order chi connectivity index (χ1) is 12.1. The lowest BCUT2D eigenvalue weighted by molar-refractivity contribution is -0.118. The molecule has 1 aliphatic rings. The fraction of sp³-hybridized carbons (Fsp3) is 0.316. The van der Waals surface area contributed by atoms with Crippen molar-refractivity contribution in [3.05, 3.63) is 46.1 Å². The summed E-state index contributed by atoms with van der Waals surface area (Å²) in [5.74, 6) is 0.283. The predicted octanol–water partition coefficient (Wildman–Crippen LogP) is 3.81. The lowest BCUT2D eigenvalue weighted by atomic mass is 10.1. The Hall–Kier alpha value is -2.47. The Morgan fingerprint density at radius 2 is 2.08 bits per heavy atom. The summed E-state index contributed by atoms with van der Waals surface area (Å²) in [6.45, 7) is 4.00. The first-order valence-corrected chi connectivity index (χ1v) is 9.18. The van der Waals surface area contributed by atoms with E-state index in [0.717, 1.165) is 34.3 Å². The lowest BCUT2D eigenvalue weighted by Gasteiger charge is -2.09. The summed E-state index contributed by atoms with van der Waals surface area (Å²) < 4.78 is 5.68. The number of rotatable bonds is 4. The SMILES string of the molecule is Cc1sc2ncnc(OCC(=O)Nc3ccc4c(c3)CCC4)c2c1C. The minimum absolute atomic E-state index is 0.0719. The van der Waals surface area contributed by atoms with Gasteiger partial charge in [0.15, 0.2) is 6.61 Å². The van der Waals surface area contributed by atoms with E-state index in [1.165, 1.54) is 28.8 Å². The summed E-state index contributed by atoms with van der Waals surface area (Å²) in [5.41, 5.74) is 4.65. The van der Waals surface area contributed by atoms with Crippen molar-refractivity contribution in [3.63, 3.8) is 0 Å². The summed E-state index contributed by atoms with van der Waals surface area (Å²) in [6.07, 6.45) is 4.89. The largest absolute Gasteiger partial charge is 0.467 e. The molecular formula is C19H19N3O2S.